The maximum atomic E-state index is 11.8. The van der Waals surface area contributed by atoms with Gasteiger partial charge < -0.3 is 25.6 Å². The number of aliphatic carboxylic acids is 2. The molecule has 8 nitrogen and oxygen atoms in total. The Labute approximate surface area is 139 Å². The van der Waals surface area contributed by atoms with Crippen LogP contribution in [0.2, 0.25) is 0 Å². The van der Waals surface area contributed by atoms with Gasteiger partial charge in [-0.15, -0.1) is 0 Å². The number of hydrogen-bond donors (Lipinski definition) is 4. The molecule has 0 saturated carbocycles. The number of hydrogen-bond acceptors (Lipinski definition) is 5. The van der Waals surface area contributed by atoms with Gasteiger partial charge in [0.1, 0.15) is 17.8 Å². The molecule has 1 amide bonds. The molecule has 132 valence electrons. The van der Waals surface area contributed by atoms with Gasteiger partial charge in [-0.25, -0.2) is 4.79 Å². The Hall–Kier alpha value is -2.61. The minimum Gasteiger partial charge on any atom is -0.484 e. The lowest BCUT2D eigenvalue weighted by Gasteiger charge is -2.21. The van der Waals surface area contributed by atoms with Crippen LogP contribution in [-0.4, -0.2) is 53.3 Å². The number of carbonyl (C=O) groups excluding carboxylic acids is 1. The molecule has 0 bridgehead atoms. The van der Waals surface area contributed by atoms with Crippen molar-refractivity contribution in [3.8, 4) is 5.75 Å². The van der Waals surface area contributed by atoms with Gasteiger partial charge in [0.15, 0.2) is 6.61 Å². The van der Waals surface area contributed by atoms with Crippen molar-refractivity contribution in [2.75, 3.05) is 13.2 Å². The van der Waals surface area contributed by atoms with Crippen molar-refractivity contribution in [1.29, 1.82) is 0 Å². The third-order valence-corrected chi connectivity index (χ3v) is 3.22. The first-order valence-electron chi connectivity index (χ1n) is 7.47. The zero-order chi connectivity index (χ0) is 18.1. The number of amides is 1. The number of benzene rings is 1. The Bertz CT molecular complexity index is 561. The highest BCUT2D eigenvalue weighted by molar-refractivity contribution is 5.84. The Morgan fingerprint density at radius 2 is 1.71 bits per heavy atom. The van der Waals surface area contributed by atoms with Crippen LogP contribution in [0.15, 0.2) is 30.3 Å². The smallest absolute Gasteiger partial charge is 0.327 e. The average Bonchev–Trinajstić information content (AvgIpc) is 2.52. The predicted octanol–water partition coefficient (Wildman–Crippen LogP) is 0.334. The van der Waals surface area contributed by atoms with Gasteiger partial charge in [0, 0.05) is 6.54 Å². The second-order valence-corrected chi connectivity index (χ2v) is 5.53. The van der Waals surface area contributed by atoms with Crippen LogP contribution in [0.1, 0.15) is 13.8 Å². The minimum absolute atomic E-state index is 0.207. The van der Waals surface area contributed by atoms with E-state index in [0.29, 0.717) is 5.75 Å². The monoisotopic (exact) mass is 338 g/mol. The van der Waals surface area contributed by atoms with E-state index in [1.807, 2.05) is 0 Å². The number of carboxylic acid groups (broad SMARTS) is 2. The molecule has 1 rings (SSSR count). The zero-order valence-electron chi connectivity index (χ0n) is 13.6. The fourth-order valence-corrected chi connectivity index (χ4v) is 1.95. The standard InChI is InChI=1S/C16H22N2O6/c1-10(2)14(16(22)23)17-8-12(15(20)21)18-13(19)9-24-11-6-4-3-5-7-11/h3-7,10,12,14,17H,8-9H2,1-2H3,(H,18,19)(H,20,21)(H,22,23). The van der Waals surface area contributed by atoms with Crippen molar-refractivity contribution in [2.24, 2.45) is 5.92 Å². The normalized spacial score (nSPS) is 13.1. The van der Waals surface area contributed by atoms with Crippen molar-refractivity contribution in [2.45, 2.75) is 25.9 Å². The summed E-state index contributed by atoms with van der Waals surface area (Å²) < 4.78 is 5.23. The largest absolute Gasteiger partial charge is 0.484 e. The van der Waals surface area contributed by atoms with Crippen LogP contribution < -0.4 is 15.4 Å². The summed E-state index contributed by atoms with van der Waals surface area (Å²) in [5.74, 6) is -2.68. The molecule has 2 unspecified atom stereocenters. The lowest BCUT2D eigenvalue weighted by atomic mass is 10.0. The van der Waals surface area contributed by atoms with Gasteiger partial charge in [0.25, 0.3) is 5.91 Å². The fraction of sp³-hybridized carbons (Fsp3) is 0.438. The number of nitrogens with one attached hydrogen (secondary N) is 2. The van der Waals surface area contributed by atoms with Crippen LogP contribution in [0.4, 0.5) is 0 Å². The van der Waals surface area contributed by atoms with Gasteiger partial charge >= 0.3 is 11.9 Å². The van der Waals surface area contributed by atoms with Crippen molar-refractivity contribution in [1.82, 2.24) is 10.6 Å². The predicted molar refractivity (Wildman–Crippen MR) is 85.8 cm³/mol. The molecule has 0 fully saturated rings. The summed E-state index contributed by atoms with van der Waals surface area (Å²) in [5.41, 5.74) is 0. The van der Waals surface area contributed by atoms with E-state index in [1.165, 1.54) is 0 Å². The van der Waals surface area contributed by atoms with E-state index in [2.05, 4.69) is 10.6 Å². The van der Waals surface area contributed by atoms with Crippen molar-refractivity contribution < 1.29 is 29.3 Å². The highest BCUT2D eigenvalue weighted by atomic mass is 16.5. The first kappa shape index (κ1) is 19.4. The Morgan fingerprint density at radius 1 is 1.08 bits per heavy atom. The molecule has 0 heterocycles. The van der Waals surface area contributed by atoms with Crippen LogP contribution >= 0.6 is 0 Å². The van der Waals surface area contributed by atoms with Gasteiger partial charge in [-0.1, -0.05) is 32.0 Å². The van der Waals surface area contributed by atoms with Crippen molar-refractivity contribution in [3.63, 3.8) is 0 Å². The second-order valence-electron chi connectivity index (χ2n) is 5.53. The summed E-state index contributed by atoms with van der Waals surface area (Å²) in [6.07, 6.45) is 0. The number of ether oxygens (including phenoxy) is 1. The molecule has 0 radical (unpaired) electrons. The number of carbonyl (C=O) groups is 3. The molecule has 24 heavy (non-hydrogen) atoms. The van der Waals surface area contributed by atoms with Crippen molar-refractivity contribution >= 4 is 17.8 Å². The molecular weight excluding hydrogens is 316 g/mol. The second kappa shape index (κ2) is 9.51. The fourth-order valence-electron chi connectivity index (χ4n) is 1.95. The highest BCUT2D eigenvalue weighted by Crippen LogP contribution is 2.07. The molecule has 0 aliphatic heterocycles. The van der Waals surface area contributed by atoms with Gasteiger partial charge in [-0.3, -0.25) is 9.59 Å². The quantitative estimate of drug-likeness (QED) is 0.484. The Balaban J connectivity index is 2.51. The third kappa shape index (κ3) is 6.66. The number of carboxylic acids is 2. The molecule has 0 aromatic heterocycles. The van der Waals surface area contributed by atoms with Crippen LogP contribution in [-0.2, 0) is 14.4 Å². The summed E-state index contributed by atoms with van der Waals surface area (Å²) in [7, 11) is 0. The maximum absolute atomic E-state index is 11.8. The molecule has 4 N–H and O–H groups in total. The van der Waals surface area contributed by atoms with Crippen LogP contribution in [0.25, 0.3) is 0 Å². The molecule has 8 heteroatoms. The van der Waals surface area contributed by atoms with E-state index in [4.69, 9.17) is 14.9 Å². The minimum atomic E-state index is -1.26. The van der Waals surface area contributed by atoms with Gasteiger partial charge in [0.05, 0.1) is 0 Å². The first-order chi connectivity index (χ1) is 11.3. The topological polar surface area (TPSA) is 125 Å². The van der Waals surface area contributed by atoms with Crippen LogP contribution in [0.3, 0.4) is 0 Å². The summed E-state index contributed by atoms with van der Waals surface area (Å²) in [5, 5.41) is 23.2. The molecule has 0 aliphatic carbocycles. The molecule has 1 aromatic carbocycles. The lowest BCUT2D eigenvalue weighted by molar-refractivity contribution is -0.143. The SMILES string of the molecule is CC(C)C(NCC(NC(=O)COc1ccccc1)C(=O)O)C(=O)O. The zero-order valence-corrected chi connectivity index (χ0v) is 13.6. The summed E-state index contributed by atoms with van der Waals surface area (Å²) in [4.78, 5) is 34.1. The number of rotatable bonds is 10. The van der Waals surface area contributed by atoms with E-state index in [1.54, 1.807) is 44.2 Å². The molecular formula is C16H22N2O6. The van der Waals surface area contributed by atoms with E-state index < -0.39 is 29.9 Å². The third-order valence-electron chi connectivity index (χ3n) is 3.22. The highest BCUT2D eigenvalue weighted by Gasteiger charge is 2.25. The summed E-state index contributed by atoms with van der Waals surface area (Å²) >= 11 is 0. The van der Waals surface area contributed by atoms with E-state index in [9.17, 15) is 14.4 Å². The molecule has 0 saturated heterocycles. The van der Waals surface area contributed by atoms with Crippen LogP contribution in [0.5, 0.6) is 5.75 Å². The van der Waals surface area contributed by atoms with Gasteiger partial charge in [-0.05, 0) is 18.1 Å². The van der Waals surface area contributed by atoms with Gasteiger partial charge in [-0.2, -0.15) is 0 Å². The summed E-state index contributed by atoms with van der Waals surface area (Å²) in [6, 6.07) is 6.48. The van der Waals surface area contributed by atoms with Gasteiger partial charge in [0.2, 0.25) is 0 Å². The van der Waals surface area contributed by atoms with E-state index in [-0.39, 0.29) is 19.1 Å². The molecule has 2 atom stereocenters. The molecule has 0 aliphatic rings. The maximum Gasteiger partial charge on any atom is 0.327 e. The van der Waals surface area contributed by atoms with Crippen LogP contribution in [0, 0.1) is 5.92 Å². The summed E-state index contributed by atoms with van der Waals surface area (Å²) in [6.45, 7) is 2.86. The Kier molecular flexibility index (Phi) is 7.70. The molecule has 0 spiro atoms. The number of para-hydroxylation sites is 1. The first-order valence-corrected chi connectivity index (χ1v) is 7.47. The lowest BCUT2D eigenvalue weighted by Crippen LogP contribution is -2.52. The Morgan fingerprint density at radius 3 is 2.21 bits per heavy atom. The van der Waals surface area contributed by atoms with Crippen molar-refractivity contribution in [3.05, 3.63) is 30.3 Å². The van der Waals surface area contributed by atoms with E-state index >= 15 is 0 Å². The molecule has 1 aromatic rings. The average molecular weight is 338 g/mol. The van der Waals surface area contributed by atoms with E-state index in [0.717, 1.165) is 0 Å².